The molecular weight excluding hydrogens is 228 g/mol. The van der Waals surface area contributed by atoms with Gasteiger partial charge in [-0.3, -0.25) is 4.79 Å². The maximum atomic E-state index is 12.6. The summed E-state index contributed by atoms with van der Waals surface area (Å²) in [6.07, 6.45) is 7.90. The van der Waals surface area contributed by atoms with Crippen LogP contribution < -0.4 is 5.73 Å². The highest BCUT2D eigenvalue weighted by molar-refractivity contribution is 5.79. The number of nitrogens with zero attached hydrogens (tertiary/aromatic N) is 1. The van der Waals surface area contributed by atoms with Crippen LogP contribution in [0.5, 0.6) is 0 Å². The molecule has 1 amide bonds. The van der Waals surface area contributed by atoms with Gasteiger partial charge in [-0.25, -0.2) is 0 Å². The van der Waals surface area contributed by atoms with Gasteiger partial charge < -0.3 is 15.4 Å². The summed E-state index contributed by atoms with van der Waals surface area (Å²) >= 11 is 0. The first-order valence-corrected chi connectivity index (χ1v) is 7.43. The molecule has 0 radical (unpaired) electrons. The lowest BCUT2D eigenvalue weighted by atomic mass is 9.89. The second-order valence-electron chi connectivity index (χ2n) is 6.06. The smallest absolute Gasteiger partial charge is 0.226 e. The number of ether oxygens (including phenoxy) is 1. The van der Waals surface area contributed by atoms with Gasteiger partial charge in [0.2, 0.25) is 5.91 Å². The number of hydrogen-bond acceptors (Lipinski definition) is 3. The van der Waals surface area contributed by atoms with Crippen molar-refractivity contribution in [1.29, 1.82) is 0 Å². The van der Waals surface area contributed by atoms with Crippen LogP contribution in [0.25, 0.3) is 0 Å². The van der Waals surface area contributed by atoms with E-state index in [1.165, 1.54) is 12.8 Å². The summed E-state index contributed by atoms with van der Waals surface area (Å²) < 4.78 is 5.83. The second-order valence-corrected chi connectivity index (χ2v) is 6.06. The van der Waals surface area contributed by atoms with E-state index < -0.39 is 0 Å². The van der Waals surface area contributed by atoms with Crippen LogP contribution in [-0.2, 0) is 9.53 Å². The number of nitrogens with two attached hydrogens (primary N) is 1. The van der Waals surface area contributed by atoms with E-state index in [2.05, 4.69) is 4.90 Å². The quantitative estimate of drug-likeness (QED) is 0.765. The highest BCUT2D eigenvalue weighted by Crippen LogP contribution is 2.32. The third-order valence-corrected chi connectivity index (χ3v) is 4.84. The van der Waals surface area contributed by atoms with Crippen molar-refractivity contribution in [1.82, 2.24) is 4.90 Å². The van der Waals surface area contributed by atoms with E-state index in [0.717, 1.165) is 38.6 Å². The molecule has 4 unspecified atom stereocenters. The lowest BCUT2D eigenvalue weighted by Crippen LogP contribution is -2.56. The van der Waals surface area contributed by atoms with E-state index in [0.29, 0.717) is 24.7 Å². The molecule has 2 N–H and O–H groups in total. The predicted molar refractivity (Wildman–Crippen MR) is 69.0 cm³/mol. The zero-order valence-corrected chi connectivity index (χ0v) is 11.0. The minimum Gasteiger partial charge on any atom is -0.374 e. The number of amides is 1. The maximum Gasteiger partial charge on any atom is 0.226 e. The van der Waals surface area contributed by atoms with Crippen molar-refractivity contribution in [2.45, 2.75) is 63.1 Å². The van der Waals surface area contributed by atoms with Gasteiger partial charge in [-0.2, -0.15) is 0 Å². The zero-order chi connectivity index (χ0) is 12.5. The molecule has 4 nitrogen and oxygen atoms in total. The minimum absolute atomic E-state index is 0.181. The van der Waals surface area contributed by atoms with Gasteiger partial charge in [0.1, 0.15) is 0 Å². The van der Waals surface area contributed by atoms with Crippen molar-refractivity contribution < 1.29 is 9.53 Å². The van der Waals surface area contributed by atoms with Crippen LogP contribution in [0, 0.1) is 5.92 Å². The van der Waals surface area contributed by atoms with E-state index in [-0.39, 0.29) is 12.0 Å². The Hall–Kier alpha value is -0.610. The summed E-state index contributed by atoms with van der Waals surface area (Å²) in [7, 11) is 0. The van der Waals surface area contributed by atoms with Gasteiger partial charge in [-0.05, 0) is 32.1 Å². The summed E-state index contributed by atoms with van der Waals surface area (Å²) in [6.45, 7) is 1.50. The maximum absolute atomic E-state index is 12.6. The van der Waals surface area contributed by atoms with Crippen molar-refractivity contribution in [2.75, 3.05) is 13.2 Å². The van der Waals surface area contributed by atoms with E-state index in [1.807, 2.05) is 0 Å². The Morgan fingerprint density at radius 1 is 1.17 bits per heavy atom. The monoisotopic (exact) mass is 252 g/mol. The first-order chi connectivity index (χ1) is 8.75. The Morgan fingerprint density at radius 2 is 2.00 bits per heavy atom. The summed E-state index contributed by atoms with van der Waals surface area (Å²) in [5.74, 6) is 0.531. The second kappa shape index (κ2) is 5.17. The molecule has 4 atom stereocenters. The SMILES string of the molecule is NC1CCC(C(=O)N2CCOC3CCCCC32)C1. The number of morpholine rings is 1. The molecular formula is C14H24N2O2. The highest BCUT2D eigenvalue weighted by atomic mass is 16.5. The number of rotatable bonds is 1. The summed E-state index contributed by atoms with van der Waals surface area (Å²) in [5, 5.41) is 0. The molecule has 3 rings (SSSR count). The highest BCUT2D eigenvalue weighted by Gasteiger charge is 2.40. The van der Waals surface area contributed by atoms with E-state index in [4.69, 9.17) is 10.5 Å². The Morgan fingerprint density at radius 3 is 2.78 bits per heavy atom. The number of carbonyl (C=O) groups excluding carboxylic acids is 1. The Bertz CT molecular complexity index is 319. The summed E-state index contributed by atoms with van der Waals surface area (Å²) in [4.78, 5) is 14.7. The minimum atomic E-state index is 0.181. The van der Waals surface area contributed by atoms with Crippen molar-refractivity contribution >= 4 is 5.91 Å². The van der Waals surface area contributed by atoms with Gasteiger partial charge in [-0.15, -0.1) is 0 Å². The van der Waals surface area contributed by atoms with Crippen LogP contribution in [0.2, 0.25) is 0 Å². The van der Waals surface area contributed by atoms with Crippen LogP contribution in [0.15, 0.2) is 0 Å². The molecule has 3 fully saturated rings. The molecule has 0 bridgehead atoms. The molecule has 4 heteroatoms. The zero-order valence-electron chi connectivity index (χ0n) is 11.0. The van der Waals surface area contributed by atoms with Crippen LogP contribution in [0.1, 0.15) is 44.9 Å². The molecule has 2 aliphatic carbocycles. The third-order valence-electron chi connectivity index (χ3n) is 4.84. The molecule has 18 heavy (non-hydrogen) atoms. The lowest BCUT2D eigenvalue weighted by Gasteiger charge is -2.44. The molecule has 0 aromatic heterocycles. The number of carbonyl (C=O) groups is 1. The predicted octanol–water partition coefficient (Wildman–Crippen LogP) is 1.28. The molecule has 0 aromatic rings. The topological polar surface area (TPSA) is 55.6 Å². The van der Waals surface area contributed by atoms with Gasteiger partial charge in [0, 0.05) is 18.5 Å². The molecule has 0 aromatic carbocycles. The Kier molecular flexibility index (Phi) is 3.57. The van der Waals surface area contributed by atoms with Crippen molar-refractivity contribution in [2.24, 2.45) is 11.7 Å². The fraction of sp³-hybridized carbons (Fsp3) is 0.929. The Balaban J connectivity index is 1.68. The van der Waals surface area contributed by atoms with Gasteiger partial charge in [0.05, 0.1) is 18.8 Å². The average molecular weight is 252 g/mol. The van der Waals surface area contributed by atoms with Gasteiger partial charge >= 0.3 is 0 Å². The standard InChI is InChI=1S/C14H24N2O2/c15-11-6-5-10(9-11)14(17)16-7-8-18-13-4-2-1-3-12(13)16/h10-13H,1-9,15H2. The van der Waals surface area contributed by atoms with Gasteiger partial charge in [-0.1, -0.05) is 12.8 Å². The molecule has 1 heterocycles. The van der Waals surface area contributed by atoms with Gasteiger partial charge in [0.25, 0.3) is 0 Å². The van der Waals surface area contributed by atoms with Gasteiger partial charge in [0.15, 0.2) is 0 Å². The normalized spacial score (nSPS) is 40.6. The number of fused-ring (bicyclic) bond motifs is 1. The van der Waals surface area contributed by atoms with E-state index in [1.54, 1.807) is 0 Å². The molecule has 102 valence electrons. The van der Waals surface area contributed by atoms with Crippen LogP contribution >= 0.6 is 0 Å². The average Bonchev–Trinajstić information content (AvgIpc) is 2.84. The van der Waals surface area contributed by atoms with E-state index in [9.17, 15) is 4.79 Å². The van der Waals surface area contributed by atoms with Crippen LogP contribution in [0.4, 0.5) is 0 Å². The summed E-state index contributed by atoms with van der Waals surface area (Å²) in [6, 6.07) is 0.582. The fourth-order valence-corrected chi connectivity index (χ4v) is 3.85. The molecule has 0 spiro atoms. The number of hydrogen-bond donors (Lipinski definition) is 1. The molecule has 2 saturated carbocycles. The van der Waals surface area contributed by atoms with Crippen molar-refractivity contribution in [3.8, 4) is 0 Å². The molecule has 1 aliphatic heterocycles. The Labute approximate surface area is 109 Å². The fourth-order valence-electron chi connectivity index (χ4n) is 3.85. The lowest BCUT2D eigenvalue weighted by molar-refractivity contribution is -0.153. The van der Waals surface area contributed by atoms with Crippen molar-refractivity contribution in [3.05, 3.63) is 0 Å². The molecule has 3 aliphatic rings. The van der Waals surface area contributed by atoms with E-state index >= 15 is 0 Å². The summed E-state index contributed by atoms with van der Waals surface area (Å²) in [5.41, 5.74) is 5.93. The van der Waals surface area contributed by atoms with Crippen LogP contribution in [0.3, 0.4) is 0 Å². The first kappa shape index (κ1) is 12.4. The largest absolute Gasteiger partial charge is 0.374 e. The third kappa shape index (κ3) is 2.28. The van der Waals surface area contributed by atoms with Crippen LogP contribution in [-0.4, -0.2) is 42.1 Å². The molecule has 1 saturated heterocycles. The first-order valence-electron chi connectivity index (χ1n) is 7.43. The van der Waals surface area contributed by atoms with Crippen molar-refractivity contribution in [3.63, 3.8) is 0 Å².